The number of fused-ring (bicyclic) bond motifs is 1. The molecule has 0 unspecified atom stereocenters. The van der Waals surface area contributed by atoms with Gasteiger partial charge in [-0.25, -0.2) is 0 Å². The molecule has 0 saturated heterocycles. The first-order valence-corrected chi connectivity index (χ1v) is 7.31. The smallest absolute Gasteiger partial charge is 0.164 e. The van der Waals surface area contributed by atoms with E-state index in [0.717, 1.165) is 37.7 Å². The third-order valence-electron chi connectivity index (χ3n) is 4.35. The van der Waals surface area contributed by atoms with Crippen molar-refractivity contribution in [3.05, 3.63) is 23.3 Å². The fourth-order valence-electron chi connectivity index (χ4n) is 3.03. The molecule has 1 aliphatic carbocycles. The van der Waals surface area contributed by atoms with Gasteiger partial charge in [0.25, 0.3) is 0 Å². The third-order valence-corrected chi connectivity index (χ3v) is 4.35. The molecule has 0 aromatic heterocycles. The van der Waals surface area contributed by atoms with Crippen molar-refractivity contribution >= 4 is 0 Å². The van der Waals surface area contributed by atoms with Gasteiger partial charge in [0.05, 0.1) is 13.2 Å². The van der Waals surface area contributed by atoms with Crippen molar-refractivity contribution in [3.63, 3.8) is 0 Å². The van der Waals surface area contributed by atoms with Crippen LogP contribution in [0.2, 0.25) is 0 Å². The van der Waals surface area contributed by atoms with Gasteiger partial charge in [-0.1, -0.05) is 19.9 Å². The van der Waals surface area contributed by atoms with E-state index in [4.69, 9.17) is 15.2 Å². The van der Waals surface area contributed by atoms with Crippen molar-refractivity contribution in [1.29, 1.82) is 0 Å². The highest BCUT2D eigenvalue weighted by Gasteiger charge is 2.45. The summed E-state index contributed by atoms with van der Waals surface area (Å²) >= 11 is 0. The van der Waals surface area contributed by atoms with Crippen LogP contribution in [0.4, 0.5) is 0 Å². The van der Waals surface area contributed by atoms with Gasteiger partial charge in [0.1, 0.15) is 0 Å². The molecular weight excluding hydrogens is 238 g/mol. The Kier molecular flexibility index (Phi) is 3.17. The summed E-state index contributed by atoms with van der Waals surface area (Å²) < 4.78 is 11.8. The molecule has 2 N–H and O–H groups in total. The van der Waals surface area contributed by atoms with Gasteiger partial charge in [-0.15, -0.1) is 0 Å². The SMILES string of the molecule is CC(C)c1c(C2(CN)CC2)ccc2c1OCCCO2. The van der Waals surface area contributed by atoms with Crippen LogP contribution in [0.25, 0.3) is 0 Å². The molecule has 1 aromatic carbocycles. The molecule has 2 aliphatic rings. The highest BCUT2D eigenvalue weighted by molar-refractivity contribution is 5.56. The summed E-state index contributed by atoms with van der Waals surface area (Å²) in [5.41, 5.74) is 8.89. The van der Waals surface area contributed by atoms with E-state index in [2.05, 4.69) is 26.0 Å². The standard InChI is InChI=1S/C16H23NO2/c1-11(2)14-12(16(10-17)6-7-16)4-5-13-15(14)19-9-3-8-18-13/h4-5,11H,3,6-10,17H2,1-2H3. The number of nitrogens with two attached hydrogens (primary N) is 1. The molecule has 0 radical (unpaired) electrons. The number of hydrogen-bond acceptors (Lipinski definition) is 3. The Morgan fingerprint density at radius 3 is 2.58 bits per heavy atom. The molecule has 1 heterocycles. The molecule has 0 spiro atoms. The Hall–Kier alpha value is -1.22. The number of benzene rings is 1. The summed E-state index contributed by atoms with van der Waals surface area (Å²) in [7, 11) is 0. The second kappa shape index (κ2) is 4.71. The highest BCUT2D eigenvalue weighted by Crippen LogP contribution is 2.53. The summed E-state index contributed by atoms with van der Waals surface area (Å²) in [6.07, 6.45) is 3.34. The number of rotatable bonds is 3. The zero-order chi connectivity index (χ0) is 13.5. The zero-order valence-electron chi connectivity index (χ0n) is 11.9. The maximum absolute atomic E-state index is 6.00. The Morgan fingerprint density at radius 1 is 1.21 bits per heavy atom. The highest BCUT2D eigenvalue weighted by atomic mass is 16.5. The van der Waals surface area contributed by atoms with Gasteiger partial charge in [-0.2, -0.15) is 0 Å². The van der Waals surface area contributed by atoms with E-state index in [1.54, 1.807) is 0 Å². The fourth-order valence-corrected chi connectivity index (χ4v) is 3.03. The topological polar surface area (TPSA) is 44.5 Å². The lowest BCUT2D eigenvalue weighted by atomic mass is 9.85. The average Bonchev–Trinajstić information content (AvgIpc) is 3.21. The van der Waals surface area contributed by atoms with Crippen LogP contribution in [0.15, 0.2) is 12.1 Å². The molecule has 3 heteroatoms. The molecule has 1 saturated carbocycles. The largest absolute Gasteiger partial charge is 0.490 e. The average molecular weight is 261 g/mol. The van der Waals surface area contributed by atoms with Crippen molar-refractivity contribution in [1.82, 2.24) is 0 Å². The van der Waals surface area contributed by atoms with E-state index >= 15 is 0 Å². The van der Waals surface area contributed by atoms with Gasteiger partial charge in [-0.3, -0.25) is 0 Å². The van der Waals surface area contributed by atoms with E-state index in [1.807, 2.05) is 0 Å². The van der Waals surface area contributed by atoms with E-state index in [1.165, 1.54) is 24.0 Å². The van der Waals surface area contributed by atoms with Gasteiger partial charge < -0.3 is 15.2 Å². The number of hydrogen-bond donors (Lipinski definition) is 1. The fraction of sp³-hybridized carbons (Fsp3) is 0.625. The Bertz CT molecular complexity index is 478. The minimum Gasteiger partial charge on any atom is -0.490 e. The molecule has 3 rings (SSSR count). The second-order valence-electron chi connectivity index (χ2n) is 6.04. The summed E-state index contributed by atoms with van der Waals surface area (Å²) in [5, 5.41) is 0. The van der Waals surface area contributed by atoms with Crippen LogP contribution < -0.4 is 15.2 Å². The maximum atomic E-state index is 6.00. The van der Waals surface area contributed by atoms with Gasteiger partial charge in [0.15, 0.2) is 11.5 Å². The lowest BCUT2D eigenvalue weighted by molar-refractivity contribution is 0.295. The van der Waals surface area contributed by atoms with Crippen molar-refractivity contribution in [3.8, 4) is 11.5 Å². The molecule has 3 nitrogen and oxygen atoms in total. The Balaban J connectivity index is 2.13. The van der Waals surface area contributed by atoms with Crippen molar-refractivity contribution in [2.45, 2.75) is 44.4 Å². The first kappa shape index (κ1) is 12.8. The van der Waals surface area contributed by atoms with Crippen LogP contribution in [0, 0.1) is 0 Å². The molecule has 0 atom stereocenters. The van der Waals surface area contributed by atoms with Crippen molar-refractivity contribution in [2.75, 3.05) is 19.8 Å². The van der Waals surface area contributed by atoms with Crippen molar-refractivity contribution in [2.24, 2.45) is 5.73 Å². The molecule has 1 aromatic rings. The monoisotopic (exact) mass is 261 g/mol. The quantitative estimate of drug-likeness (QED) is 0.909. The van der Waals surface area contributed by atoms with Crippen LogP contribution in [0.3, 0.4) is 0 Å². The van der Waals surface area contributed by atoms with E-state index < -0.39 is 0 Å². The van der Waals surface area contributed by atoms with Gasteiger partial charge >= 0.3 is 0 Å². The van der Waals surface area contributed by atoms with E-state index in [0.29, 0.717) is 5.92 Å². The van der Waals surface area contributed by atoms with Crippen LogP contribution >= 0.6 is 0 Å². The summed E-state index contributed by atoms with van der Waals surface area (Å²) in [4.78, 5) is 0. The Morgan fingerprint density at radius 2 is 1.95 bits per heavy atom. The minimum atomic E-state index is 0.199. The normalized spacial score (nSPS) is 20.2. The van der Waals surface area contributed by atoms with E-state index in [-0.39, 0.29) is 5.41 Å². The van der Waals surface area contributed by atoms with Crippen LogP contribution in [0.5, 0.6) is 11.5 Å². The second-order valence-corrected chi connectivity index (χ2v) is 6.04. The lowest BCUT2D eigenvalue weighted by Gasteiger charge is -2.24. The predicted molar refractivity (Wildman–Crippen MR) is 76.1 cm³/mol. The summed E-state index contributed by atoms with van der Waals surface area (Å²) in [6, 6.07) is 4.28. The predicted octanol–water partition coefficient (Wildman–Crippen LogP) is 2.96. The molecule has 1 fully saturated rings. The van der Waals surface area contributed by atoms with Crippen LogP contribution in [-0.2, 0) is 5.41 Å². The number of ether oxygens (including phenoxy) is 2. The molecular formula is C16H23NO2. The van der Waals surface area contributed by atoms with Crippen molar-refractivity contribution < 1.29 is 9.47 Å². The lowest BCUT2D eigenvalue weighted by Crippen LogP contribution is -2.22. The molecule has 104 valence electrons. The van der Waals surface area contributed by atoms with Crippen LogP contribution in [-0.4, -0.2) is 19.8 Å². The first-order valence-electron chi connectivity index (χ1n) is 7.31. The molecule has 0 bridgehead atoms. The molecule has 1 aliphatic heterocycles. The van der Waals surface area contributed by atoms with E-state index in [9.17, 15) is 0 Å². The minimum absolute atomic E-state index is 0.199. The van der Waals surface area contributed by atoms with Gasteiger partial charge in [-0.05, 0) is 30.4 Å². The first-order chi connectivity index (χ1) is 9.18. The molecule has 0 amide bonds. The van der Waals surface area contributed by atoms with Crippen LogP contribution in [0.1, 0.15) is 50.2 Å². The Labute approximate surface area is 115 Å². The zero-order valence-corrected chi connectivity index (χ0v) is 11.9. The van der Waals surface area contributed by atoms with Gasteiger partial charge in [0, 0.05) is 23.9 Å². The summed E-state index contributed by atoms with van der Waals surface area (Å²) in [6.45, 7) is 6.66. The molecule has 19 heavy (non-hydrogen) atoms. The summed E-state index contributed by atoms with van der Waals surface area (Å²) in [5.74, 6) is 2.29. The van der Waals surface area contributed by atoms with Gasteiger partial charge in [0.2, 0.25) is 0 Å². The third kappa shape index (κ3) is 2.10. The maximum Gasteiger partial charge on any atom is 0.164 e.